The maximum Gasteiger partial charge on any atom is 0.482 e. The number of hydrogen-bond donors (Lipinski definition) is 0. The quantitative estimate of drug-likeness (QED) is 0.438. The van der Waals surface area contributed by atoms with E-state index in [-0.39, 0.29) is 0 Å². The van der Waals surface area contributed by atoms with E-state index < -0.39 is 69.4 Å². The highest BCUT2D eigenvalue weighted by atomic mass is 19.3. The molecule has 144 valence electrons. The zero-order valence-electron chi connectivity index (χ0n) is 13.5. The average molecular weight is 395 g/mol. The van der Waals surface area contributed by atoms with E-state index in [1.165, 1.54) is 0 Å². The zero-order chi connectivity index (χ0) is 20.3. The van der Waals surface area contributed by atoms with Gasteiger partial charge in [-0.2, -0.15) is 13.2 Å². The monoisotopic (exact) mass is 395 g/mol. The van der Waals surface area contributed by atoms with Crippen molar-refractivity contribution in [3.8, 4) is 22.6 Å². The molecule has 0 unspecified atom stereocenters. The van der Waals surface area contributed by atoms with Gasteiger partial charge in [-0.15, -0.1) is 0 Å². The van der Waals surface area contributed by atoms with Crippen molar-refractivity contribution in [1.82, 2.24) is 0 Å². The molecule has 0 spiro atoms. The minimum atomic E-state index is -4.28. The molecule has 3 rings (SSSR count). The molecule has 27 heavy (non-hydrogen) atoms. The standard InChI is InChI=1S/C16H8F7NO3/c1-24-7-3-5(6(17)4-8(7)27-16(22,23)15(24)25)9-10(18)12(20)13(21)14(26-2)11(9)19/h3-4H,1-2H3. The molecule has 0 aliphatic carbocycles. The molecule has 0 aromatic heterocycles. The van der Waals surface area contributed by atoms with Crippen LogP contribution in [0.15, 0.2) is 12.1 Å². The molecule has 2 aromatic rings. The van der Waals surface area contributed by atoms with Crippen LogP contribution in [0.5, 0.6) is 11.5 Å². The molecule has 4 nitrogen and oxygen atoms in total. The van der Waals surface area contributed by atoms with Crippen LogP contribution in [0.3, 0.4) is 0 Å². The van der Waals surface area contributed by atoms with Gasteiger partial charge >= 0.3 is 12.0 Å². The number of rotatable bonds is 2. The van der Waals surface area contributed by atoms with Crippen molar-refractivity contribution < 1.29 is 45.0 Å². The van der Waals surface area contributed by atoms with Crippen molar-refractivity contribution in [1.29, 1.82) is 0 Å². The third-order valence-corrected chi connectivity index (χ3v) is 3.90. The molecule has 0 bridgehead atoms. The first-order valence-electron chi connectivity index (χ1n) is 7.10. The van der Waals surface area contributed by atoms with E-state index in [9.17, 15) is 35.5 Å². The van der Waals surface area contributed by atoms with Crippen LogP contribution in [0.1, 0.15) is 0 Å². The number of hydrogen-bond acceptors (Lipinski definition) is 3. The smallest absolute Gasteiger partial charge is 0.482 e. The van der Waals surface area contributed by atoms with E-state index in [0.29, 0.717) is 17.0 Å². The molecule has 0 radical (unpaired) electrons. The van der Waals surface area contributed by atoms with Crippen LogP contribution in [0, 0.1) is 29.1 Å². The number of nitrogens with zero attached hydrogens (tertiary/aromatic N) is 1. The van der Waals surface area contributed by atoms with Crippen molar-refractivity contribution in [2.45, 2.75) is 6.11 Å². The Labute approximate surface area is 146 Å². The highest BCUT2D eigenvalue weighted by Crippen LogP contribution is 2.44. The number of carbonyl (C=O) groups is 1. The summed E-state index contributed by atoms with van der Waals surface area (Å²) in [5.74, 6) is -13.3. The number of halogens is 7. The van der Waals surface area contributed by atoms with Crippen LogP contribution in [0.25, 0.3) is 11.1 Å². The number of alkyl halides is 2. The summed E-state index contributed by atoms with van der Waals surface area (Å²) in [7, 11) is 1.66. The van der Waals surface area contributed by atoms with Gasteiger partial charge < -0.3 is 14.4 Å². The normalized spacial score (nSPS) is 15.4. The van der Waals surface area contributed by atoms with Gasteiger partial charge in [0.15, 0.2) is 29.0 Å². The molecule has 1 heterocycles. The van der Waals surface area contributed by atoms with E-state index in [1.54, 1.807) is 0 Å². The number of methoxy groups -OCH3 is 1. The number of likely N-dealkylation sites (N-methyl/N-ethyl adjacent to an activating group) is 1. The van der Waals surface area contributed by atoms with E-state index in [1.807, 2.05) is 0 Å². The molecule has 0 saturated carbocycles. The fraction of sp³-hybridized carbons (Fsp3) is 0.188. The first-order chi connectivity index (χ1) is 12.5. The lowest BCUT2D eigenvalue weighted by Gasteiger charge is -2.31. The Morgan fingerprint density at radius 1 is 1.00 bits per heavy atom. The highest BCUT2D eigenvalue weighted by Gasteiger charge is 2.49. The molecule has 1 aliphatic heterocycles. The molecule has 0 fully saturated rings. The first kappa shape index (κ1) is 18.8. The van der Waals surface area contributed by atoms with Gasteiger partial charge in [0.25, 0.3) is 0 Å². The summed E-state index contributed by atoms with van der Waals surface area (Å²) in [5.41, 5.74) is -2.77. The summed E-state index contributed by atoms with van der Waals surface area (Å²) < 4.78 is 105. The lowest BCUT2D eigenvalue weighted by atomic mass is 10.0. The van der Waals surface area contributed by atoms with Crippen molar-refractivity contribution in [2.75, 3.05) is 19.1 Å². The second kappa shape index (κ2) is 6.03. The molecule has 1 amide bonds. The number of carbonyl (C=O) groups excluding carboxylic acids is 1. The zero-order valence-corrected chi connectivity index (χ0v) is 13.5. The van der Waals surface area contributed by atoms with E-state index in [0.717, 1.165) is 14.2 Å². The Morgan fingerprint density at radius 2 is 1.63 bits per heavy atom. The minimum Gasteiger partial charge on any atom is -0.491 e. The van der Waals surface area contributed by atoms with Crippen molar-refractivity contribution in [2.24, 2.45) is 0 Å². The van der Waals surface area contributed by atoms with Gasteiger partial charge in [-0.3, -0.25) is 4.79 Å². The Kier molecular flexibility index (Phi) is 4.20. The topological polar surface area (TPSA) is 38.8 Å². The second-order valence-electron chi connectivity index (χ2n) is 5.45. The SMILES string of the molecule is COc1c(F)c(F)c(F)c(-c2cc3c(cc2F)OC(F)(F)C(=O)N3C)c1F. The minimum absolute atomic E-state index is 0.341. The summed E-state index contributed by atoms with van der Waals surface area (Å²) in [5, 5.41) is 0. The summed E-state index contributed by atoms with van der Waals surface area (Å²) in [6, 6.07) is 0.935. The lowest BCUT2D eigenvalue weighted by molar-refractivity contribution is -0.192. The van der Waals surface area contributed by atoms with Gasteiger partial charge in [-0.1, -0.05) is 0 Å². The van der Waals surface area contributed by atoms with Gasteiger partial charge in [-0.25, -0.2) is 17.6 Å². The number of benzene rings is 2. The van der Waals surface area contributed by atoms with Gasteiger partial charge in [0.2, 0.25) is 5.82 Å². The van der Waals surface area contributed by atoms with Gasteiger partial charge in [0, 0.05) is 18.7 Å². The molecular weight excluding hydrogens is 387 g/mol. The van der Waals surface area contributed by atoms with Crippen LogP contribution < -0.4 is 14.4 Å². The highest BCUT2D eigenvalue weighted by molar-refractivity contribution is 6.01. The molecule has 11 heteroatoms. The molecule has 0 saturated heterocycles. The Bertz CT molecular complexity index is 977. The van der Waals surface area contributed by atoms with Crippen LogP contribution in [-0.4, -0.2) is 26.2 Å². The summed E-state index contributed by atoms with van der Waals surface area (Å²) >= 11 is 0. The maximum atomic E-state index is 14.4. The van der Waals surface area contributed by atoms with Gasteiger partial charge in [0.1, 0.15) is 5.82 Å². The summed E-state index contributed by atoms with van der Waals surface area (Å²) in [6.45, 7) is 0. The number of amides is 1. The Hall–Kier alpha value is -2.98. The van der Waals surface area contributed by atoms with Crippen molar-refractivity contribution in [3.05, 3.63) is 41.2 Å². The molecule has 1 aliphatic rings. The van der Waals surface area contributed by atoms with Crippen molar-refractivity contribution in [3.63, 3.8) is 0 Å². The summed E-state index contributed by atoms with van der Waals surface area (Å²) in [4.78, 5) is 11.9. The third-order valence-electron chi connectivity index (χ3n) is 3.90. The molecule has 0 N–H and O–H groups in total. The van der Waals surface area contributed by atoms with E-state index in [2.05, 4.69) is 9.47 Å². The van der Waals surface area contributed by atoms with Crippen LogP contribution >= 0.6 is 0 Å². The van der Waals surface area contributed by atoms with Crippen LogP contribution in [-0.2, 0) is 4.79 Å². The van der Waals surface area contributed by atoms with Crippen LogP contribution in [0.4, 0.5) is 36.4 Å². The second-order valence-corrected chi connectivity index (χ2v) is 5.45. The van der Waals surface area contributed by atoms with Crippen LogP contribution in [0.2, 0.25) is 0 Å². The lowest BCUT2D eigenvalue weighted by Crippen LogP contribution is -2.49. The third kappa shape index (κ3) is 2.64. The largest absolute Gasteiger partial charge is 0.491 e. The number of fused-ring (bicyclic) bond motifs is 1. The van der Waals surface area contributed by atoms with Gasteiger partial charge in [-0.05, 0) is 6.07 Å². The molecular formula is C16H8F7NO3. The maximum absolute atomic E-state index is 14.4. The summed E-state index contributed by atoms with van der Waals surface area (Å²) in [6.07, 6.45) is -4.28. The predicted molar refractivity (Wildman–Crippen MR) is 77.2 cm³/mol. The van der Waals surface area contributed by atoms with Gasteiger partial charge in [0.05, 0.1) is 18.4 Å². The average Bonchev–Trinajstić information content (AvgIpc) is 2.59. The molecule has 2 aromatic carbocycles. The Morgan fingerprint density at radius 3 is 2.22 bits per heavy atom. The van der Waals surface area contributed by atoms with Crippen molar-refractivity contribution >= 4 is 11.6 Å². The fourth-order valence-electron chi connectivity index (χ4n) is 2.59. The fourth-order valence-corrected chi connectivity index (χ4v) is 2.59. The first-order valence-corrected chi connectivity index (χ1v) is 7.10. The number of ether oxygens (including phenoxy) is 2. The van der Waals surface area contributed by atoms with E-state index in [4.69, 9.17) is 0 Å². The number of anilines is 1. The van der Waals surface area contributed by atoms with E-state index >= 15 is 0 Å². The molecule has 0 atom stereocenters. The predicted octanol–water partition coefficient (Wildman–Crippen LogP) is 4.01. The Balaban J connectivity index is 2.30.